The van der Waals surface area contributed by atoms with Crippen LogP contribution in [-0.2, 0) is 13.6 Å². The Morgan fingerprint density at radius 3 is 2.54 bits per heavy atom. The highest BCUT2D eigenvalue weighted by atomic mass is 28.4. The molecule has 0 amide bonds. The highest BCUT2D eigenvalue weighted by Gasteiger charge is 2.71. The van der Waals surface area contributed by atoms with Gasteiger partial charge in [0.05, 0.1) is 6.10 Å². The molecule has 2 atom stereocenters. The second kappa shape index (κ2) is 3.05. The van der Waals surface area contributed by atoms with Gasteiger partial charge in [0, 0.05) is 14.2 Å². The first-order chi connectivity index (χ1) is 6.18. The fourth-order valence-electron chi connectivity index (χ4n) is 2.50. The van der Waals surface area contributed by atoms with Crippen molar-refractivity contribution in [3.63, 3.8) is 0 Å². The summed E-state index contributed by atoms with van der Waals surface area (Å²) in [5.74, 6) is 0. The van der Waals surface area contributed by atoms with Crippen molar-refractivity contribution < 1.29 is 13.6 Å². The van der Waals surface area contributed by atoms with Crippen LogP contribution in [0.2, 0.25) is 6.55 Å². The maximum Gasteiger partial charge on any atom is 0.370 e. The zero-order valence-corrected chi connectivity index (χ0v) is 9.63. The molecule has 76 valence electrons. The predicted octanol–water partition coefficient (Wildman–Crippen LogP) is 1.60. The molecule has 0 aromatic rings. The topological polar surface area (TPSA) is 31.0 Å². The molecule has 1 aliphatic carbocycles. The van der Waals surface area contributed by atoms with Gasteiger partial charge in [0.2, 0.25) is 0 Å². The maximum absolute atomic E-state index is 5.82. The first kappa shape index (κ1) is 9.64. The van der Waals surface area contributed by atoms with Gasteiger partial charge in [-0.2, -0.15) is 0 Å². The molecule has 1 saturated heterocycles. The summed E-state index contributed by atoms with van der Waals surface area (Å²) >= 11 is 0. The molecule has 0 radical (unpaired) electrons. The van der Waals surface area contributed by atoms with E-state index in [2.05, 4.69) is 6.55 Å². The van der Waals surface area contributed by atoms with Gasteiger partial charge in [-0.1, -0.05) is 12.8 Å². The number of hydrogen-bond acceptors (Lipinski definition) is 3. The van der Waals surface area contributed by atoms with E-state index in [4.69, 9.17) is 13.6 Å². The molecular weight excluding hydrogens is 184 g/mol. The van der Waals surface area contributed by atoms with E-state index in [0.717, 1.165) is 6.42 Å². The van der Waals surface area contributed by atoms with E-state index < -0.39 is 8.56 Å². The minimum Gasteiger partial charge on any atom is -0.396 e. The summed E-state index contributed by atoms with van der Waals surface area (Å²) in [6.45, 7) is 2.11. The second-order valence-electron chi connectivity index (χ2n) is 4.10. The summed E-state index contributed by atoms with van der Waals surface area (Å²) in [5, 5.41) is -0.00521. The van der Waals surface area contributed by atoms with Crippen LogP contribution in [0.4, 0.5) is 0 Å². The Bertz CT molecular complexity index is 205. The molecule has 0 aromatic carbocycles. The number of fused-ring (bicyclic) bond motifs is 1. The van der Waals surface area contributed by atoms with Crippen molar-refractivity contribution in [1.29, 1.82) is 0 Å². The largest absolute Gasteiger partial charge is 0.396 e. The van der Waals surface area contributed by atoms with Crippen LogP contribution in [0.1, 0.15) is 25.7 Å². The molecule has 1 heterocycles. The van der Waals surface area contributed by atoms with Crippen molar-refractivity contribution in [3.8, 4) is 0 Å². The van der Waals surface area contributed by atoms with Crippen molar-refractivity contribution in [2.24, 2.45) is 0 Å². The summed E-state index contributed by atoms with van der Waals surface area (Å²) in [4.78, 5) is 0. The van der Waals surface area contributed by atoms with Crippen LogP contribution in [0.25, 0.3) is 0 Å². The van der Waals surface area contributed by atoms with Gasteiger partial charge < -0.3 is 13.6 Å². The molecule has 3 nitrogen and oxygen atoms in total. The number of ether oxygens (including phenoxy) is 1. The molecule has 0 bridgehead atoms. The highest BCUT2D eigenvalue weighted by molar-refractivity contribution is 6.70. The lowest BCUT2D eigenvalue weighted by atomic mass is 10.0. The molecule has 2 fully saturated rings. The summed E-state index contributed by atoms with van der Waals surface area (Å²) in [7, 11) is 1.43. The van der Waals surface area contributed by atoms with E-state index in [1.807, 2.05) is 0 Å². The first-order valence-corrected chi connectivity index (χ1v) is 7.28. The minimum absolute atomic E-state index is 0.00521. The quantitative estimate of drug-likeness (QED) is 0.514. The molecule has 2 unspecified atom stereocenters. The average molecular weight is 202 g/mol. The van der Waals surface area contributed by atoms with E-state index in [9.17, 15) is 0 Å². The molecular formula is C9H18O3Si. The number of hydrogen-bond donors (Lipinski definition) is 0. The van der Waals surface area contributed by atoms with Crippen molar-refractivity contribution in [2.45, 2.75) is 43.6 Å². The van der Waals surface area contributed by atoms with E-state index >= 15 is 0 Å². The van der Waals surface area contributed by atoms with Crippen LogP contribution in [0, 0.1) is 0 Å². The molecule has 0 spiro atoms. The first-order valence-electron chi connectivity index (χ1n) is 4.97. The van der Waals surface area contributed by atoms with Gasteiger partial charge in [0.15, 0.2) is 0 Å². The molecule has 1 aliphatic heterocycles. The van der Waals surface area contributed by atoms with Crippen LogP contribution in [0.5, 0.6) is 0 Å². The van der Waals surface area contributed by atoms with Gasteiger partial charge in [-0.25, -0.2) is 0 Å². The van der Waals surface area contributed by atoms with E-state index in [1.54, 1.807) is 14.2 Å². The molecule has 2 rings (SSSR count). The molecule has 0 N–H and O–H groups in total. The van der Waals surface area contributed by atoms with Crippen LogP contribution in [-0.4, -0.2) is 34.1 Å². The Hall–Kier alpha value is 0.0969. The lowest BCUT2D eigenvalue weighted by Crippen LogP contribution is -2.54. The van der Waals surface area contributed by atoms with Gasteiger partial charge in [0.1, 0.15) is 5.22 Å². The normalized spacial score (nSPS) is 38.5. The van der Waals surface area contributed by atoms with E-state index in [0.29, 0.717) is 6.10 Å². The third kappa shape index (κ3) is 1.20. The van der Waals surface area contributed by atoms with E-state index in [1.165, 1.54) is 19.3 Å². The zero-order chi connectivity index (χ0) is 9.53. The molecule has 0 aromatic heterocycles. The van der Waals surface area contributed by atoms with Gasteiger partial charge in [0.25, 0.3) is 0 Å². The second-order valence-corrected chi connectivity index (χ2v) is 7.65. The Labute approximate surface area is 80.6 Å². The highest BCUT2D eigenvalue weighted by Crippen LogP contribution is 2.53. The fraction of sp³-hybridized carbons (Fsp3) is 1.00. The molecule has 13 heavy (non-hydrogen) atoms. The molecule has 2 aliphatic rings. The Morgan fingerprint density at radius 2 is 2.00 bits per heavy atom. The van der Waals surface area contributed by atoms with Gasteiger partial charge in [-0.05, 0) is 19.4 Å². The lowest BCUT2D eigenvalue weighted by Gasteiger charge is -2.31. The Balaban J connectivity index is 2.15. The summed E-state index contributed by atoms with van der Waals surface area (Å²) in [6.07, 6.45) is 5.30. The van der Waals surface area contributed by atoms with Crippen LogP contribution >= 0.6 is 0 Å². The average Bonchev–Trinajstić information content (AvgIpc) is 2.92. The van der Waals surface area contributed by atoms with Crippen molar-refractivity contribution in [1.82, 2.24) is 0 Å². The monoisotopic (exact) mass is 202 g/mol. The zero-order valence-electron chi connectivity index (χ0n) is 8.63. The van der Waals surface area contributed by atoms with Gasteiger partial charge in [-0.3, -0.25) is 0 Å². The van der Waals surface area contributed by atoms with Crippen LogP contribution < -0.4 is 0 Å². The van der Waals surface area contributed by atoms with Gasteiger partial charge in [-0.15, -0.1) is 0 Å². The van der Waals surface area contributed by atoms with Gasteiger partial charge >= 0.3 is 8.56 Å². The van der Waals surface area contributed by atoms with Crippen molar-refractivity contribution in [2.75, 3.05) is 14.2 Å². The minimum atomic E-state index is -2.07. The summed E-state index contributed by atoms with van der Waals surface area (Å²) in [5.41, 5.74) is 0. The fourth-order valence-corrected chi connectivity index (χ4v) is 5.08. The number of epoxide rings is 1. The SMILES string of the molecule is CO[Si](C)(OC)C12CCCCC1O2. The van der Waals surface area contributed by atoms with Crippen LogP contribution in [0.15, 0.2) is 0 Å². The van der Waals surface area contributed by atoms with Crippen molar-refractivity contribution in [3.05, 3.63) is 0 Å². The summed E-state index contributed by atoms with van der Waals surface area (Å²) < 4.78 is 16.9. The third-order valence-corrected chi connectivity index (χ3v) is 7.41. The van der Waals surface area contributed by atoms with E-state index in [-0.39, 0.29) is 5.22 Å². The standard InChI is InChI=1S/C9H18O3Si/c1-10-13(3,11-2)9-7-5-4-6-8(9)12-9/h8H,4-7H2,1-3H3. The van der Waals surface area contributed by atoms with Crippen molar-refractivity contribution >= 4 is 8.56 Å². The third-order valence-electron chi connectivity index (χ3n) is 3.63. The summed E-state index contributed by atoms with van der Waals surface area (Å²) in [6, 6.07) is 0. The predicted molar refractivity (Wildman–Crippen MR) is 51.7 cm³/mol. The van der Waals surface area contributed by atoms with Crippen LogP contribution in [0.3, 0.4) is 0 Å². The smallest absolute Gasteiger partial charge is 0.370 e. The Morgan fingerprint density at radius 1 is 1.31 bits per heavy atom. The maximum atomic E-state index is 5.82. The molecule has 4 heteroatoms. The molecule has 1 saturated carbocycles. The Kier molecular flexibility index (Phi) is 2.26. The lowest BCUT2D eigenvalue weighted by molar-refractivity contribution is 0.193. The number of rotatable bonds is 3.